The highest BCUT2D eigenvalue weighted by Gasteiger charge is 2.13. The number of nitriles is 1. The van der Waals surface area contributed by atoms with E-state index < -0.39 is 0 Å². The zero-order valence-corrected chi connectivity index (χ0v) is 8.00. The van der Waals surface area contributed by atoms with Crippen LogP contribution in [0.15, 0.2) is 0 Å². The molecule has 0 atom stereocenters. The summed E-state index contributed by atoms with van der Waals surface area (Å²) in [6.45, 7) is 3.96. The molecule has 3 N–H and O–H groups in total. The number of anilines is 2. The zero-order chi connectivity index (χ0) is 10.0. The van der Waals surface area contributed by atoms with Crippen molar-refractivity contribution in [3.05, 3.63) is 5.56 Å². The minimum absolute atomic E-state index is 0.237. The lowest BCUT2D eigenvalue weighted by Crippen LogP contribution is -2.11. The van der Waals surface area contributed by atoms with Gasteiger partial charge in [0.1, 0.15) is 17.5 Å². The van der Waals surface area contributed by atoms with Crippen molar-refractivity contribution in [2.75, 3.05) is 11.1 Å². The van der Waals surface area contributed by atoms with Crippen LogP contribution in [0.5, 0.6) is 0 Å². The van der Waals surface area contributed by atoms with Gasteiger partial charge in [0.05, 0.1) is 0 Å². The number of nitrogens with two attached hydrogens (primary N) is 1. The van der Waals surface area contributed by atoms with E-state index in [1.807, 2.05) is 19.9 Å². The van der Waals surface area contributed by atoms with Crippen molar-refractivity contribution >= 4 is 11.6 Å². The van der Waals surface area contributed by atoms with Crippen molar-refractivity contribution < 1.29 is 0 Å². The predicted molar refractivity (Wildman–Crippen MR) is 51.1 cm³/mol. The van der Waals surface area contributed by atoms with Gasteiger partial charge in [-0.2, -0.15) is 10.4 Å². The third kappa shape index (κ3) is 1.72. The Morgan fingerprint density at radius 3 is 2.69 bits per heavy atom. The highest BCUT2D eigenvalue weighted by atomic mass is 15.3. The second kappa shape index (κ2) is 3.35. The summed E-state index contributed by atoms with van der Waals surface area (Å²) in [4.78, 5) is 0. The summed E-state index contributed by atoms with van der Waals surface area (Å²) in [5, 5.41) is 15.9. The quantitative estimate of drug-likeness (QED) is 0.700. The molecule has 0 aliphatic carbocycles. The van der Waals surface area contributed by atoms with Crippen LogP contribution in [0.1, 0.15) is 19.4 Å². The molecule has 0 amide bonds. The van der Waals surface area contributed by atoms with Gasteiger partial charge in [0.25, 0.3) is 0 Å². The third-order valence-corrected chi connectivity index (χ3v) is 1.63. The Morgan fingerprint density at radius 2 is 2.23 bits per heavy atom. The van der Waals surface area contributed by atoms with E-state index in [-0.39, 0.29) is 6.04 Å². The van der Waals surface area contributed by atoms with E-state index in [9.17, 15) is 0 Å². The van der Waals surface area contributed by atoms with Gasteiger partial charge in [-0.1, -0.05) is 0 Å². The number of aromatic nitrogens is 2. The maximum absolute atomic E-state index is 8.80. The molecule has 5 heteroatoms. The molecular formula is C8H13N5. The van der Waals surface area contributed by atoms with Gasteiger partial charge in [0, 0.05) is 13.1 Å². The van der Waals surface area contributed by atoms with Crippen LogP contribution in [0.4, 0.5) is 11.6 Å². The SMILES string of the molecule is CC(C)Nc1nn(C)c(N)c1C#N. The summed E-state index contributed by atoms with van der Waals surface area (Å²) in [6.07, 6.45) is 0. The summed E-state index contributed by atoms with van der Waals surface area (Å²) < 4.78 is 1.49. The van der Waals surface area contributed by atoms with Gasteiger partial charge in [-0.25, -0.2) is 4.68 Å². The summed E-state index contributed by atoms with van der Waals surface area (Å²) >= 11 is 0. The van der Waals surface area contributed by atoms with Gasteiger partial charge in [-0.15, -0.1) is 0 Å². The molecule has 0 aliphatic rings. The number of rotatable bonds is 2. The van der Waals surface area contributed by atoms with Crippen LogP contribution in [-0.4, -0.2) is 15.8 Å². The molecule has 13 heavy (non-hydrogen) atoms. The standard InChI is InChI=1S/C8H13N5/c1-5(2)11-8-6(4-9)7(10)13(3)12-8/h5H,10H2,1-3H3,(H,11,12). The predicted octanol–water partition coefficient (Wildman–Crippen LogP) is 0.694. The molecular weight excluding hydrogens is 166 g/mol. The minimum atomic E-state index is 0.237. The maximum Gasteiger partial charge on any atom is 0.168 e. The Balaban J connectivity index is 3.08. The minimum Gasteiger partial charge on any atom is -0.383 e. The fourth-order valence-corrected chi connectivity index (χ4v) is 1.02. The number of hydrogen-bond donors (Lipinski definition) is 2. The highest BCUT2D eigenvalue weighted by Crippen LogP contribution is 2.19. The van der Waals surface area contributed by atoms with Crippen molar-refractivity contribution in [2.45, 2.75) is 19.9 Å². The first-order valence-corrected chi connectivity index (χ1v) is 4.05. The normalized spacial score (nSPS) is 10.1. The van der Waals surface area contributed by atoms with Crippen LogP contribution >= 0.6 is 0 Å². The monoisotopic (exact) mass is 179 g/mol. The molecule has 1 aromatic rings. The van der Waals surface area contributed by atoms with Gasteiger partial charge in [-0.05, 0) is 13.8 Å². The van der Waals surface area contributed by atoms with Crippen LogP contribution in [-0.2, 0) is 7.05 Å². The molecule has 0 aromatic carbocycles. The molecule has 5 nitrogen and oxygen atoms in total. The first-order chi connectivity index (χ1) is 6.06. The first-order valence-electron chi connectivity index (χ1n) is 4.05. The van der Waals surface area contributed by atoms with Crippen LogP contribution in [0, 0.1) is 11.3 Å². The number of nitrogens with one attached hydrogen (secondary N) is 1. The highest BCUT2D eigenvalue weighted by molar-refractivity contribution is 5.63. The van der Waals surface area contributed by atoms with Crippen molar-refractivity contribution in [3.63, 3.8) is 0 Å². The Kier molecular flexibility index (Phi) is 2.42. The molecule has 0 radical (unpaired) electrons. The van der Waals surface area contributed by atoms with Gasteiger partial charge >= 0.3 is 0 Å². The number of hydrogen-bond acceptors (Lipinski definition) is 4. The summed E-state index contributed by atoms with van der Waals surface area (Å²) in [5.74, 6) is 0.947. The molecule has 0 unspecified atom stereocenters. The lowest BCUT2D eigenvalue weighted by molar-refractivity contribution is 0.771. The lowest BCUT2D eigenvalue weighted by Gasteiger charge is -2.05. The third-order valence-electron chi connectivity index (χ3n) is 1.63. The topological polar surface area (TPSA) is 79.7 Å². The summed E-state index contributed by atoms with van der Waals surface area (Å²) in [5.41, 5.74) is 6.04. The van der Waals surface area contributed by atoms with Gasteiger partial charge in [0.2, 0.25) is 0 Å². The molecule has 0 saturated carbocycles. The molecule has 0 fully saturated rings. The Morgan fingerprint density at radius 1 is 1.62 bits per heavy atom. The van der Waals surface area contributed by atoms with E-state index in [2.05, 4.69) is 10.4 Å². The van der Waals surface area contributed by atoms with E-state index in [1.165, 1.54) is 4.68 Å². The van der Waals surface area contributed by atoms with Crippen molar-refractivity contribution in [3.8, 4) is 6.07 Å². The van der Waals surface area contributed by atoms with Crippen LogP contribution in [0.25, 0.3) is 0 Å². The smallest absolute Gasteiger partial charge is 0.168 e. The van der Waals surface area contributed by atoms with Crippen LogP contribution in [0.2, 0.25) is 0 Å². The van der Waals surface area contributed by atoms with Gasteiger partial charge < -0.3 is 11.1 Å². The molecule has 1 rings (SSSR count). The molecule has 70 valence electrons. The van der Waals surface area contributed by atoms with E-state index in [0.29, 0.717) is 17.2 Å². The maximum atomic E-state index is 8.80. The van der Waals surface area contributed by atoms with Crippen LogP contribution < -0.4 is 11.1 Å². The van der Waals surface area contributed by atoms with E-state index in [4.69, 9.17) is 11.0 Å². The second-order valence-electron chi connectivity index (χ2n) is 3.14. The van der Waals surface area contributed by atoms with Gasteiger partial charge in [-0.3, -0.25) is 0 Å². The summed E-state index contributed by atoms with van der Waals surface area (Å²) in [7, 11) is 1.71. The van der Waals surface area contributed by atoms with E-state index in [0.717, 1.165) is 0 Å². The van der Waals surface area contributed by atoms with Gasteiger partial charge in [0.15, 0.2) is 5.82 Å². The number of nitrogens with zero attached hydrogens (tertiary/aromatic N) is 3. The van der Waals surface area contributed by atoms with E-state index in [1.54, 1.807) is 7.05 Å². The average molecular weight is 179 g/mol. The molecule has 0 spiro atoms. The molecule has 0 saturated heterocycles. The Hall–Kier alpha value is -1.70. The number of nitrogen functional groups attached to an aromatic ring is 1. The van der Waals surface area contributed by atoms with Crippen molar-refractivity contribution in [1.29, 1.82) is 5.26 Å². The molecule has 0 bridgehead atoms. The first kappa shape index (κ1) is 9.39. The molecule has 1 heterocycles. The Labute approximate surface area is 77.1 Å². The van der Waals surface area contributed by atoms with Crippen LogP contribution in [0.3, 0.4) is 0 Å². The number of aryl methyl sites for hydroxylation is 1. The fourth-order valence-electron chi connectivity index (χ4n) is 1.02. The average Bonchev–Trinajstić information content (AvgIpc) is 2.27. The fraction of sp³-hybridized carbons (Fsp3) is 0.500. The Bertz CT molecular complexity index is 344. The largest absolute Gasteiger partial charge is 0.383 e. The van der Waals surface area contributed by atoms with E-state index >= 15 is 0 Å². The lowest BCUT2D eigenvalue weighted by atomic mass is 10.3. The zero-order valence-electron chi connectivity index (χ0n) is 8.00. The van der Waals surface area contributed by atoms with Crippen molar-refractivity contribution in [1.82, 2.24) is 9.78 Å². The second-order valence-corrected chi connectivity index (χ2v) is 3.14. The molecule has 1 aromatic heterocycles. The molecule has 0 aliphatic heterocycles. The summed E-state index contributed by atoms with van der Waals surface area (Å²) in [6, 6.07) is 2.26. The van der Waals surface area contributed by atoms with Crippen molar-refractivity contribution in [2.24, 2.45) is 7.05 Å².